The molecule has 2 heterocycles. The van der Waals surface area contributed by atoms with E-state index in [4.69, 9.17) is 5.14 Å². The normalized spacial score (nSPS) is 17.9. The molecular weight excluding hydrogens is 354 g/mol. The Hall–Kier alpha value is -2.39. The van der Waals surface area contributed by atoms with E-state index in [9.17, 15) is 13.2 Å². The molecule has 1 atom stereocenters. The number of primary sulfonamides is 1. The average Bonchev–Trinajstić information content (AvgIpc) is 3.09. The Morgan fingerprint density at radius 2 is 2.23 bits per heavy atom. The second kappa shape index (κ2) is 7.46. The molecule has 1 aliphatic heterocycles. The molecule has 1 aromatic carbocycles. The molecule has 8 nitrogen and oxygen atoms in total. The molecule has 3 N–H and O–H groups in total. The third-order valence-corrected chi connectivity index (χ3v) is 5.52. The van der Waals surface area contributed by atoms with Gasteiger partial charge in [-0.3, -0.25) is 0 Å². The van der Waals surface area contributed by atoms with Crippen molar-refractivity contribution in [3.05, 3.63) is 42.5 Å². The minimum atomic E-state index is -3.81. The summed E-state index contributed by atoms with van der Waals surface area (Å²) in [7, 11) is -3.81. The van der Waals surface area contributed by atoms with Gasteiger partial charge in [-0.2, -0.15) is 0 Å². The number of amides is 2. The fourth-order valence-corrected chi connectivity index (χ4v) is 3.74. The predicted octanol–water partition coefficient (Wildman–Crippen LogP) is 1.78. The minimum Gasteiger partial charge on any atom is -0.337 e. The van der Waals surface area contributed by atoms with E-state index in [0.29, 0.717) is 24.7 Å². The van der Waals surface area contributed by atoms with Gasteiger partial charge in [0.1, 0.15) is 0 Å². The lowest BCUT2D eigenvalue weighted by Crippen LogP contribution is -2.43. The zero-order chi connectivity index (χ0) is 18.7. The number of urea groups is 1. The lowest BCUT2D eigenvalue weighted by Gasteiger charge is -2.33. The molecule has 0 bridgehead atoms. The highest BCUT2D eigenvalue weighted by atomic mass is 32.2. The van der Waals surface area contributed by atoms with Crippen LogP contribution in [0.4, 0.5) is 10.5 Å². The van der Waals surface area contributed by atoms with Crippen LogP contribution in [0.5, 0.6) is 0 Å². The van der Waals surface area contributed by atoms with Crippen molar-refractivity contribution in [3.8, 4) is 0 Å². The molecule has 0 spiro atoms. The van der Waals surface area contributed by atoms with Crippen molar-refractivity contribution in [2.75, 3.05) is 18.4 Å². The summed E-state index contributed by atoms with van der Waals surface area (Å²) >= 11 is 0. The summed E-state index contributed by atoms with van der Waals surface area (Å²) < 4.78 is 25.1. The standard InChI is InChI=1S/C17H23N5O3S/c1-13-4-5-15(26(18,24)25)9-16(13)20-17(23)22-7-2-3-14(11-22)10-21-8-6-19-12-21/h4-6,8-9,12,14H,2-3,7,10-11H2,1H3,(H,20,23)(H2,18,24,25). The second-order valence-corrected chi connectivity index (χ2v) is 8.23. The van der Waals surface area contributed by atoms with Gasteiger partial charge >= 0.3 is 6.03 Å². The van der Waals surface area contributed by atoms with Gasteiger partial charge < -0.3 is 14.8 Å². The number of sulfonamides is 1. The minimum absolute atomic E-state index is 0.0185. The van der Waals surface area contributed by atoms with Gasteiger partial charge in [0.25, 0.3) is 0 Å². The molecule has 2 aromatic rings. The largest absolute Gasteiger partial charge is 0.337 e. The number of piperidine rings is 1. The molecule has 9 heteroatoms. The number of aromatic nitrogens is 2. The maximum atomic E-state index is 12.6. The number of nitrogens with two attached hydrogens (primary N) is 1. The summed E-state index contributed by atoms with van der Waals surface area (Å²) in [5, 5.41) is 7.99. The molecule has 0 saturated carbocycles. The van der Waals surface area contributed by atoms with Gasteiger partial charge in [-0.1, -0.05) is 6.07 Å². The Bertz CT molecular complexity index is 880. The number of hydrogen-bond donors (Lipinski definition) is 2. The molecule has 0 radical (unpaired) electrons. The van der Waals surface area contributed by atoms with Gasteiger partial charge in [-0.15, -0.1) is 0 Å². The maximum Gasteiger partial charge on any atom is 0.321 e. The summed E-state index contributed by atoms with van der Waals surface area (Å²) in [6, 6.07) is 4.24. The van der Waals surface area contributed by atoms with Crippen molar-refractivity contribution < 1.29 is 13.2 Å². The molecule has 1 fully saturated rings. The Morgan fingerprint density at radius 1 is 1.42 bits per heavy atom. The molecule has 140 valence electrons. The Kier molecular flexibility index (Phi) is 5.28. The molecule has 1 saturated heterocycles. The third-order valence-electron chi connectivity index (χ3n) is 4.61. The first-order valence-corrected chi connectivity index (χ1v) is 10.0. The van der Waals surface area contributed by atoms with Crippen LogP contribution in [0.1, 0.15) is 18.4 Å². The molecule has 26 heavy (non-hydrogen) atoms. The van der Waals surface area contributed by atoms with E-state index in [1.54, 1.807) is 30.4 Å². The van der Waals surface area contributed by atoms with Crippen LogP contribution < -0.4 is 10.5 Å². The number of rotatable bonds is 4. The first-order valence-electron chi connectivity index (χ1n) is 8.48. The van der Waals surface area contributed by atoms with Gasteiger partial charge in [0.15, 0.2) is 0 Å². The highest BCUT2D eigenvalue weighted by Crippen LogP contribution is 2.22. The monoisotopic (exact) mass is 377 g/mol. The zero-order valence-electron chi connectivity index (χ0n) is 14.6. The number of likely N-dealkylation sites (tertiary alicyclic amines) is 1. The lowest BCUT2D eigenvalue weighted by molar-refractivity contribution is 0.170. The van der Waals surface area contributed by atoms with Crippen molar-refractivity contribution >= 4 is 21.7 Å². The van der Waals surface area contributed by atoms with Crippen LogP contribution in [-0.2, 0) is 16.6 Å². The van der Waals surface area contributed by atoms with Gasteiger partial charge in [0.2, 0.25) is 10.0 Å². The Balaban J connectivity index is 1.67. The number of imidazole rings is 1. The smallest absolute Gasteiger partial charge is 0.321 e. The summed E-state index contributed by atoms with van der Waals surface area (Å²) in [5.74, 6) is 0.362. The van der Waals surface area contributed by atoms with Gasteiger partial charge in [-0.25, -0.2) is 23.3 Å². The number of carbonyl (C=O) groups is 1. The van der Waals surface area contributed by atoms with Gasteiger partial charge in [0, 0.05) is 37.7 Å². The molecule has 0 aliphatic carbocycles. The average molecular weight is 377 g/mol. The maximum absolute atomic E-state index is 12.6. The van der Waals surface area contributed by atoms with E-state index < -0.39 is 10.0 Å². The highest BCUT2D eigenvalue weighted by Gasteiger charge is 2.24. The second-order valence-electron chi connectivity index (χ2n) is 6.67. The predicted molar refractivity (Wildman–Crippen MR) is 98.1 cm³/mol. The SMILES string of the molecule is Cc1ccc(S(N)(=O)=O)cc1NC(=O)N1CCCC(Cn2ccnc2)C1. The number of anilines is 1. The Morgan fingerprint density at radius 3 is 2.92 bits per heavy atom. The molecule has 3 rings (SSSR count). The lowest BCUT2D eigenvalue weighted by atomic mass is 9.98. The van der Waals surface area contributed by atoms with Crippen LogP contribution in [0.3, 0.4) is 0 Å². The van der Waals surface area contributed by atoms with Crippen LogP contribution in [-0.4, -0.2) is 42.0 Å². The van der Waals surface area contributed by atoms with E-state index in [-0.39, 0.29) is 10.9 Å². The molecule has 1 aliphatic rings. The summed E-state index contributed by atoms with van der Waals surface area (Å²) in [4.78, 5) is 18.4. The van der Waals surface area contributed by atoms with Crippen LogP contribution in [0.2, 0.25) is 0 Å². The summed E-state index contributed by atoms with van der Waals surface area (Å²) in [6.07, 6.45) is 7.43. The van der Waals surface area contributed by atoms with Crippen LogP contribution >= 0.6 is 0 Å². The number of benzene rings is 1. The first-order chi connectivity index (χ1) is 12.3. The van der Waals surface area contributed by atoms with Crippen molar-refractivity contribution in [2.24, 2.45) is 11.1 Å². The molecule has 1 unspecified atom stereocenters. The molecule has 2 amide bonds. The van der Waals surface area contributed by atoms with Crippen molar-refractivity contribution in [3.63, 3.8) is 0 Å². The fraction of sp³-hybridized carbons (Fsp3) is 0.412. The van der Waals surface area contributed by atoms with Crippen molar-refractivity contribution in [2.45, 2.75) is 31.2 Å². The number of nitrogens with one attached hydrogen (secondary N) is 1. The summed E-state index contributed by atoms with van der Waals surface area (Å²) in [6.45, 7) is 3.96. The van der Waals surface area contributed by atoms with Crippen LogP contribution in [0.15, 0.2) is 41.8 Å². The topological polar surface area (TPSA) is 110 Å². The van der Waals surface area contributed by atoms with Crippen molar-refractivity contribution in [1.29, 1.82) is 0 Å². The number of nitrogens with zero attached hydrogens (tertiary/aromatic N) is 3. The Labute approximate surface area is 153 Å². The van der Waals surface area contributed by atoms with E-state index in [1.165, 1.54) is 12.1 Å². The quantitative estimate of drug-likeness (QED) is 0.846. The fourth-order valence-electron chi connectivity index (χ4n) is 3.20. The zero-order valence-corrected chi connectivity index (χ0v) is 15.4. The summed E-state index contributed by atoms with van der Waals surface area (Å²) in [5.41, 5.74) is 1.23. The van der Waals surface area contributed by atoms with Crippen LogP contribution in [0, 0.1) is 12.8 Å². The van der Waals surface area contributed by atoms with Crippen molar-refractivity contribution in [1.82, 2.24) is 14.5 Å². The highest BCUT2D eigenvalue weighted by molar-refractivity contribution is 7.89. The third kappa shape index (κ3) is 4.41. The van der Waals surface area contributed by atoms with E-state index in [2.05, 4.69) is 10.3 Å². The van der Waals surface area contributed by atoms with Crippen LogP contribution in [0.25, 0.3) is 0 Å². The van der Waals surface area contributed by atoms with E-state index >= 15 is 0 Å². The molecular formula is C17H23N5O3S. The van der Waals surface area contributed by atoms with E-state index in [1.807, 2.05) is 10.8 Å². The number of carbonyl (C=O) groups excluding carboxylic acids is 1. The number of aryl methyl sites for hydroxylation is 1. The molecule has 1 aromatic heterocycles. The van der Waals surface area contributed by atoms with Gasteiger partial charge in [0.05, 0.1) is 11.2 Å². The number of hydrogen-bond acceptors (Lipinski definition) is 4. The van der Waals surface area contributed by atoms with Gasteiger partial charge in [-0.05, 0) is 43.4 Å². The van der Waals surface area contributed by atoms with E-state index in [0.717, 1.165) is 24.9 Å². The first kappa shape index (κ1) is 18.4.